The molecule has 25 heavy (non-hydrogen) atoms. The van der Waals surface area contributed by atoms with E-state index < -0.39 is 0 Å². The van der Waals surface area contributed by atoms with E-state index in [9.17, 15) is 4.79 Å². The monoisotopic (exact) mass is 353 g/mol. The van der Waals surface area contributed by atoms with Crippen LogP contribution in [0.1, 0.15) is 6.92 Å². The van der Waals surface area contributed by atoms with Crippen LogP contribution in [0, 0.1) is 0 Å². The van der Waals surface area contributed by atoms with Gasteiger partial charge >= 0.3 is 0 Å². The lowest BCUT2D eigenvalue weighted by atomic mass is 10.3. The molecule has 0 saturated carbocycles. The Bertz CT molecular complexity index is 835. The van der Waals surface area contributed by atoms with Gasteiger partial charge in [0.15, 0.2) is 11.0 Å². The van der Waals surface area contributed by atoms with Gasteiger partial charge in [0.1, 0.15) is 0 Å². The molecule has 0 bridgehead atoms. The number of anilines is 1. The number of amides is 1. The topological polar surface area (TPSA) is 63.9 Å². The summed E-state index contributed by atoms with van der Waals surface area (Å²) in [5.41, 5.74) is 1.81. The van der Waals surface area contributed by atoms with Gasteiger partial charge in [0.05, 0.1) is 5.75 Å². The van der Waals surface area contributed by atoms with Crippen LogP contribution in [0.4, 0.5) is 5.69 Å². The zero-order chi connectivity index (χ0) is 17.6. The fourth-order valence-corrected chi connectivity index (χ4v) is 3.29. The Balaban J connectivity index is 1.69. The molecule has 0 aliphatic rings. The van der Waals surface area contributed by atoms with Gasteiger partial charge in [-0.05, 0) is 31.2 Å². The zero-order valence-corrected chi connectivity index (χ0v) is 15.0. The van der Waals surface area contributed by atoms with E-state index in [0.29, 0.717) is 17.5 Å². The lowest BCUT2D eigenvalue weighted by molar-refractivity contribution is -0.116. The molecule has 3 aromatic rings. The molecule has 0 N–H and O–H groups in total. The first-order valence-electron chi connectivity index (χ1n) is 7.98. The Morgan fingerprint density at radius 1 is 1.16 bits per heavy atom. The largest absolute Gasteiger partial charge is 0.312 e. The highest BCUT2D eigenvalue weighted by atomic mass is 32.2. The molecule has 128 valence electrons. The predicted octanol–water partition coefficient (Wildman–Crippen LogP) is 3.02. The van der Waals surface area contributed by atoms with Crippen LogP contribution in [0.25, 0.3) is 11.4 Å². The van der Waals surface area contributed by atoms with Gasteiger partial charge in [0, 0.05) is 37.2 Å². The van der Waals surface area contributed by atoms with Crippen molar-refractivity contribution in [3.8, 4) is 11.4 Å². The predicted molar refractivity (Wildman–Crippen MR) is 99.4 cm³/mol. The van der Waals surface area contributed by atoms with Crippen molar-refractivity contribution in [1.82, 2.24) is 19.7 Å². The summed E-state index contributed by atoms with van der Waals surface area (Å²) in [6, 6.07) is 13.5. The Morgan fingerprint density at radius 3 is 2.64 bits per heavy atom. The summed E-state index contributed by atoms with van der Waals surface area (Å²) in [5.74, 6) is 1.09. The summed E-state index contributed by atoms with van der Waals surface area (Å²) >= 11 is 1.39. The molecular formula is C18H19N5OS. The number of pyridine rings is 1. The van der Waals surface area contributed by atoms with Crippen molar-refractivity contribution in [2.45, 2.75) is 12.1 Å². The summed E-state index contributed by atoms with van der Waals surface area (Å²) < 4.78 is 1.88. The third-order valence-corrected chi connectivity index (χ3v) is 4.77. The number of para-hydroxylation sites is 1. The van der Waals surface area contributed by atoms with E-state index >= 15 is 0 Å². The molecule has 0 spiro atoms. The van der Waals surface area contributed by atoms with Crippen molar-refractivity contribution in [2.75, 3.05) is 17.2 Å². The summed E-state index contributed by atoms with van der Waals surface area (Å²) in [7, 11) is 1.89. The highest BCUT2D eigenvalue weighted by Crippen LogP contribution is 2.23. The first-order chi connectivity index (χ1) is 12.2. The molecule has 0 saturated heterocycles. The molecule has 1 amide bonds. The van der Waals surface area contributed by atoms with Crippen LogP contribution < -0.4 is 4.90 Å². The third kappa shape index (κ3) is 3.88. The smallest absolute Gasteiger partial charge is 0.237 e. The number of benzene rings is 1. The zero-order valence-electron chi connectivity index (χ0n) is 14.2. The van der Waals surface area contributed by atoms with E-state index in [1.54, 1.807) is 17.3 Å². The molecular weight excluding hydrogens is 334 g/mol. The van der Waals surface area contributed by atoms with Crippen LogP contribution in [0.15, 0.2) is 60.0 Å². The maximum Gasteiger partial charge on any atom is 0.237 e. The van der Waals surface area contributed by atoms with Gasteiger partial charge < -0.3 is 9.47 Å². The first-order valence-corrected chi connectivity index (χ1v) is 8.97. The maximum absolute atomic E-state index is 12.6. The van der Waals surface area contributed by atoms with E-state index in [1.807, 2.05) is 61.0 Å². The lowest BCUT2D eigenvalue weighted by Crippen LogP contribution is -2.32. The van der Waals surface area contributed by atoms with E-state index in [0.717, 1.165) is 17.1 Å². The molecule has 7 heteroatoms. The quantitative estimate of drug-likeness (QED) is 0.638. The minimum atomic E-state index is 0.0460. The molecule has 2 heterocycles. The molecule has 0 aliphatic carbocycles. The molecule has 0 radical (unpaired) electrons. The highest BCUT2D eigenvalue weighted by molar-refractivity contribution is 7.99. The second-order valence-electron chi connectivity index (χ2n) is 5.37. The summed E-state index contributed by atoms with van der Waals surface area (Å²) in [4.78, 5) is 18.4. The number of nitrogens with zero attached hydrogens (tertiary/aromatic N) is 5. The SMILES string of the molecule is CCN(C(=O)CSc1nnc(-c2cccnc2)n1C)c1ccccc1. The third-order valence-electron chi connectivity index (χ3n) is 3.76. The summed E-state index contributed by atoms with van der Waals surface area (Å²) in [6.07, 6.45) is 3.47. The maximum atomic E-state index is 12.6. The van der Waals surface area contributed by atoms with Gasteiger partial charge in [-0.3, -0.25) is 9.78 Å². The van der Waals surface area contributed by atoms with Crippen LogP contribution in [0.5, 0.6) is 0 Å². The van der Waals surface area contributed by atoms with E-state index in [-0.39, 0.29) is 5.91 Å². The minimum absolute atomic E-state index is 0.0460. The van der Waals surface area contributed by atoms with Crippen LogP contribution in [-0.4, -0.2) is 38.0 Å². The Labute approximate surface area is 150 Å². The number of hydrogen-bond donors (Lipinski definition) is 0. The van der Waals surface area contributed by atoms with Crippen molar-refractivity contribution in [2.24, 2.45) is 7.05 Å². The van der Waals surface area contributed by atoms with Gasteiger partial charge in [-0.15, -0.1) is 10.2 Å². The molecule has 0 aliphatic heterocycles. The molecule has 1 aromatic carbocycles. The van der Waals surface area contributed by atoms with Gasteiger partial charge in [0.25, 0.3) is 0 Å². The number of carbonyl (C=O) groups excluding carboxylic acids is 1. The van der Waals surface area contributed by atoms with E-state index in [2.05, 4.69) is 15.2 Å². The molecule has 2 aromatic heterocycles. The van der Waals surface area contributed by atoms with Gasteiger partial charge in [-0.2, -0.15) is 0 Å². The standard InChI is InChI=1S/C18H19N5OS/c1-3-23(15-9-5-4-6-10-15)16(24)13-25-18-21-20-17(22(18)2)14-8-7-11-19-12-14/h4-12H,3,13H2,1-2H3. The van der Waals surface area contributed by atoms with Crippen LogP contribution >= 0.6 is 11.8 Å². The van der Waals surface area contributed by atoms with Crippen LogP contribution in [-0.2, 0) is 11.8 Å². The summed E-state index contributed by atoms with van der Waals surface area (Å²) in [5, 5.41) is 9.12. The van der Waals surface area contributed by atoms with Crippen molar-refractivity contribution in [1.29, 1.82) is 0 Å². The molecule has 0 unspecified atom stereocenters. The average Bonchev–Trinajstić information content (AvgIpc) is 3.03. The minimum Gasteiger partial charge on any atom is -0.312 e. The second kappa shape index (κ2) is 7.94. The molecule has 6 nitrogen and oxygen atoms in total. The number of aromatic nitrogens is 4. The van der Waals surface area contributed by atoms with Crippen molar-refractivity contribution < 1.29 is 4.79 Å². The molecule has 0 fully saturated rings. The van der Waals surface area contributed by atoms with E-state index in [4.69, 9.17) is 0 Å². The second-order valence-corrected chi connectivity index (χ2v) is 6.31. The van der Waals surface area contributed by atoms with Crippen molar-refractivity contribution in [3.05, 3.63) is 54.9 Å². The molecule has 3 rings (SSSR count). The van der Waals surface area contributed by atoms with E-state index in [1.165, 1.54) is 11.8 Å². The van der Waals surface area contributed by atoms with Crippen LogP contribution in [0.3, 0.4) is 0 Å². The van der Waals surface area contributed by atoms with Crippen molar-refractivity contribution in [3.63, 3.8) is 0 Å². The van der Waals surface area contributed by atoms with Gasteiger partial charge in [-0.1, -0.05) is 30.0 Å². The molecule has 0 atom stereocenters. The normalized spacial score (nSPS) is 10.6. The Hall–Kier alpha value is -2.67. The highest BCUT2D eigenvalue weighted by Gasteiger charge is 2.17. The Kier molecular flexibility index (Phi) is 5.45. The number of carbonyl (C=O) groups is 1. The lowest BCUT2D eigenvalue weighted by Gasteiger charge is -2.20. The average molecular weight is 353 g/mol. The van der Waals surface area contributed by atoms with Gasteiger partial charge in [0.2, 0.25) is 5.91 Å². The number of thioether (sulfide) groups is 1. The van der Waals surface area contributed by atoms with Gasteiger partial charge in [-0.25, -0.2) is 0 Å². The number of hydrogen-bond acceptors (Lipinski definition) is 5. The Morgan fingerprint density at radius 2 is 1.96 bits per heavy atom. The summed E-state index contributed by atoms with van der Waals surface area (Å²) in [6.45, 7) is 2.60. The first kappa shape index (κ1) is 17.2. The number of rotatable bonds is 6. The fourth-order valence-electron chi connectivity index (χ4n) is 2.50. The van der Waals surface area contributed by atoms with Crippen LogP contribution in [0.2, 0.25) is 0 Å². The fraction of sp³-hybridized carbons (Fsp3) is 0.222. The van der Waals surface area contributed by atoms with Crippen molar-refractivity contribution >= 4 is 23.4 Å².